The number of carbonyl (C=O) groups is 4. The van der Waals surface area contributed by atoms with E-state index in [-0.39, 0.29) is 73.3 Å². The fourth-order valence-electron chi connectivity index (χ4n) is 11.1. The van der Waals surface area contributed by atoms with Crippen LogP contribution in [0.5, 0.6) is 5.75 Å². The summed E-state index contributed by atoms with van der Waals surface area (Å²) in [5.74, 6) is -3.51. The highest BCUT2D eigenvalue weighted by Crippen LogP contribution is 2.70. The molecule has 6 rings (SSSR count). The summed E-state index contributed by atoms with van der Waals surface area (Å²) in [5, 5.41) is 58.4. The van der Waals surface area contributed by atoms with Gasteiger partial charge in [-0.3, -0.25) is 23.4 Å². The maximum Gasteiger partial charge on any atom is 0.306 e. The molecule has 5 aliphatic rings. The standard InChI is InChI=1S/C42H59NO16S/c1-22(2)17-34(47)56-37-36(57-60-59-58-52)35(48)30(21-53-33(46)12-11-32(45)43-16-14-24-5-8-26(44)9-6-24)55-40(37)54-27-18-28(39(50)51)29-13-15-42-19-25(23(3)38(42)49)7-10-31(42)41(29,4)20-27/h5-6,8-9,22,25,27-31,35-38,40,44,48-49,52H,3,7,10-21H2,1-2,4H3,(H,43,45)(H,50,51)/t25?,27?,28?,29?,30-,31?,35+,36-,37?,38-,40+,41?,42?/m0/s1. The Morgan fingerprint density at radius 2 is 1.78 bits per heavy atom. The van der Waals surface area contributed by atoms with Gasteiger partial charge in [0.15, 0.2) is 24.7 Å². The van der Waals surface area contributed by atoms with Crippen LogP contribution in [0.3, 0.4) is 0 Å². The molecule has 1 aromatic carbocycles. The Hall–Kier alpha value is -3.33. The summed E-state index contributed by atoms with van der Waals surface area (Å²) in [6, 6.07) is 6.57. The van der Waals surface area contributed by atoms with Crippen molar-refractivity contribution >= 4 is 36.1 Å². The molecule has 1 aliphatic heterocycles. The molecule has 60 heavy (non-hydrogen) atoms. The summed E-state index contributed by atoms with van der Waals surface area (Å²) in [4.78, 5) is 51.5. The van der Waals surface area contributed by atoms with Gasteiger partial charge in [0.25, 0.3) is 0 Å². The Labute approximate surface area is 353 Å². The van der Waals surface area contributed by atoms with Crippen molar-refractivity contribution < 1.29 is 77.4 Å². The van der Waals surface area contributed by atoms with E-state index in [1.165, 1.54) is 0 Å². The molecule has 6 N–H and O–H groups in total. The van der Waals surface area contributed by atoms with E-state index >= 15 is 0 Å². The highest BCUT2D eigenvalue weighted by atomic mass is 32.2. The van der Waals surface area contributed by atoms with Crippen molar-refractivity contribution in [2.45, 2.75) is 134 Å². The van der Waals surface area contributed by atoms with Gasteiger partial charge in [0.05, 0.1) is 24.5 Å². The van der Waals surface area contributed by atoms with Crippen molar-refractivity contribution in [3.8, 4) is 5.75 Å². The van der Waals surface area contributed by atoms with Gasteiger partial charge in [0.2, 0.25) is 5.91 Å². The molecular formula is C42H59NO16S. The lowest BCUT2D eigenvalue weighted by Crippen LogP contribution is -2.63. The first-order valence-electron chi connectivity index (χ1n) is 20.8. The monoisotopic (exact) mass is 865 g/mol. The predicted octanol–water partition coefficient (Wildman–Crippen LogP) is 4.42. The van der Waals surface area contributed by atoms with Crippen LogP contribution in [-0.2, 0) is 58.1 Å². The minimum atomic E-state index is -1.64. The van der Waals surface area contributed by atoms with E-state index < -0.39 is 84.2 Å². The SMILES string of the molecule is C=C1C2CCC3C4(C)CC(O[C@@H]5O[C@@H](COC(=O)CCC(=O)NCCc6ccc(O)cc6)[C@@H](O)[C@H](OSOOO)C5OC(=O)CC(C)C)CC(C(=O)O)C4CCC3(C2)[C@H]1O. The largest absolute Gasteiger partial charge is 0.508 e. The maximum absolute atomic E-state index is 13.2. The van der Waals surface area contributed by atoms with Gasteiger partial charge in [-0.25, -0.2) is 5.26 Å². The molecule has 334 valence electrons. The molecule has 8 unspecified atom stereocenters. The average Bonchev–Trinajstić information content (AvgIpc) is 3.37. The van der Waals surface area contributed by atoms with E-state index in [2.05, 4.69) is 28.2 Å². The number of esters is 2. The van der Waals surface area contributed by atoms with Gasteiger partial charge in [-0.15, -0.1) is 4.33 Å². The molecular weight excluding hydrogens is 807 g/mol. The number of fused-ring (bicyclic) bond motifs is 3. The van der Waals surface area contributed by atoms with E-state index in [0.29, 0.717) is 32.2 Å². The lowest BCUT2D eigenvalue weighted by Gasteiger charge is -2.62. The molecule has 0 aromatic heterocycles. The summed E-state index contributed by atoms with van der Waals surface area (Å²) in [7, 11) is 0. The minimum absolute atomic E-state index is 0.00659. The van der Waals surface area contributed by atoms with Gasteiger partial charge < -0.3 is 44.7 Å². The van der Waals surface area contributed by atoms with Crippen LogP contribution in [0.1, 0.15) is 90.5 Å². The molecule has 4 aliphatic carbocycles. The number of carboxylic acids is 1. The second-order valence-corrected chi connectivity index (χ2v) is 18.3. The maximum atomic E-state index is 13.2. The Morgan fingerprint density at radius 1 is 1.03 bits per heavy atom. The van der Waals surface area contributed by atoms with Crippen LogP contribution in [0.15, 0.2) is 36.4 Å². The molecule has 1 aromatic rings. The highest BCUT2D eigenvalue weighted by Gasteiger charge is 2.67. The van der Waals surface area contributed by atoms with Crippen LogP contribution in [0, 0.1) is 40.4 Å². The number of amides is 1. The first kappa shape index (κ1) is 46.2. The quantitative estimate of drug-likeness (QED) is 0.0227. The summed E-state index contributed by atoms with van der Waals surface area (Å²) in [5.41, 5.74) is 0.783. The second kappa shape index (κ2) is 19.8. The van der Waals surface area contributed by atoms with E-state index in [4.69, 9.17) is 28.4 Å². The number of hydrogen-bond donors (Lipinski definition) is 6. The third kappa shape index (κ3) is 10.1. The molecule has 1 saturated heterocycles. The molecule has 17 nitrogen and oxygen atoms in total. The first-order valence-corrected chi connectivity index (χ1v) is 21.5. The zero-order valence-corrected chi connectivity index (χ0v) is 35.1. The van der Waals surface area contributed by atoms with Crippen LogP contribution in [-0.4, -0.2) is 106 Å². The van der Waals surface area contributed by atoms with E-state index in [0.717, 1.165) is 30.4 Å². The number of benzene rings is 1. The van der Waals surface area contributed by atoms with Crippen molar-refractivity contribution in [3.63, 3.8) is 0 Å². The third-order valence-electron chi connectivity index (χ3n) is 13.7. The van der Waals surface area contributed by atoms with E-state index in [9.17, 15) is 39.6 Å². The number of ether oxygens (including phenoxy) is 4. The van der Waals surface area contributed by atoms with Crippen LogP contribution in [0.4, 0.5) is 0 Å². The van der Waals surface area contributed by atoms with Crippen molar-refractivity contribution in [1.82, 2.24) is 5.32 Å². The normalized spacial score (nSPS) is 35.9. The number of aliphatic hydroxyl groups excluding tert-OH is 2. The molecule has 1 amide bonds. The fraction of sp³-hybridized carbons (Fsp3) is 0.714. The highest BCUT2D eigenvalue weighted by molar-refractivity contribution is 7.89. The van der Waals surface area contributed by atoms with Crippen LogP contribution < -0.4 is 5.32 Å². The Bertz CT molecular complexity index is 1700. The van der Waals surface area contributed by atoms with E-state index in [1.807, 2.05) is 13.8 Å². The number of aromatic hydroxyl groups is 1. The molecule has 5 fully saturated rings. The van der Waals surface area contributed by atoms with E-state index in [1.54, 1.807) is 24.3 Å². The van der Waals surface area contributed by atoms with Crippen LogP contribution >= 0.6 is 12.3 Å². The lowest BCUT2D eigenvalue weighted by atomic mass is 9.43. The molecule has 4 saturated carbocycles. The zero-order valence-electron chi connectivity index (χ0n) is 34.3. The number of nitrogens with one attached hydrogen (secondary N) is 1. The van der Waals surface area contributed by atoms with Crippen molar-refractivity contribution in [1.29, 1.82) is 0 Å². The average molecular weight is 866 g/mol. The smallest absolute Gasteiger partial charge is 0.306 e. The number of aliphatic hydroxyl groups is 2. The van der Waals surface area contributed by atoms with Crippen molar-refractivity contribution in [2.24, 2.45) is 40.4 Å². The number of carboxylic acid groups (broad SMARTS) is 1. The van der Waals surface area contributed by atoms with Crippen molar-refractivity contribution in [3.05, 3.63) is 42.0 Å². The lowest BCUT2D eigenvalue weighted by molar-refractivity contribution is -0.435. The van der Waals surface area contributed by atoms with Gasteiger partial charge in [-0.05, 0) is 104 Å². The summed E-state index contributed by atoms with van der Waals surface area (Å²) in [6.07, 6.45) is -4.45. The summed E-state index contributed by atoms with van der Waals surface area (Å²) >= 11 is 0.130. The zero-order chi connectivity index (χ0) is 43.4. The Morgan fingerprint density at radius 3 is 2.48 bits per heavy atom. The molecule has 1 spiro atoms. The third-order valence-corrected chi connectivity index (χ3v) is 14.1. The van der Waals surface area contributed by atoms with Gasteiger partial charge in [-0.2, -0.15) is 0 Å². The molecule has 18 heteroatoms. The molecule has 13 atom stereocenters. The molecule has 0 radical (unpaired) electrons. The predicted molar refractivity (Wildman–Crippen MR) is 211 cm³/mol. The van der Waals surface area contributed by atoms with Gasteiger partial charge in [-0.1, -0.05) is 44.5 Å². The summed E-state index contributed by atoms with van der Waals surface area (Å²) in [6.45, 7) is 9.74. The van der Waals surface area contributed by atoms with Crippen molar-refractivity contribution in [2.75, 3.05) is 13.2 Å². The number of rotatable bonds is 18. The Balaban J connectivity index is 1.17. The van der Waals surface area contributed by atoms with Gasteiger partial charge in [0, 0.05) is 24.8 Å². The number of aliphatic carboxylic acids is 1. The van der Waals surface area contributed by atoms with Gasteiger partial charge in [0.1, 0.15) is 30.7 Å². The fourth-order valence-corrected chi connectivity index (χ4v) is 11.4. The Kier molecular flexibility index (Phi) is 15.2. The van der Waals surface area contributed by atoms with Gasteiger partial charge >= 0.3 is 17.9 Å². The number of carbonyl (C=O) groups excluding carboxylic acids is 3. The summed E-state index contributed by atoms with van der Waals surface area (Å²) < 4.78 is 34.3. The molecule has 2 bridgehead atoms. The number of phenols is 1. The van der Waals surface area contributed by atoms with Crippen LogP contribution in [0.2, 0.25) is 0 Å². The second-order valence-electron chi connectivity index (χ2n) is 17.8. The number of hydrogen-bond acceptors (Lipinski definition) is 16. The number of phenolic OH excluding ortho intramolecular Hbond substituents is 1. The molecule has 1 heterocycles. The van der Waals surface area contributed by atoms with Crippen LogP contribution in [0.25, 0.3) is 0 Å². The first-order chi connectivity index (χ1) is 28.6. The minimum Gasteiger partial charge on any atom is -0.508 e. The topological polar surface area (TPSA) is 246 Å².